The number of aryl methyl sites for hydroxylation is 2. The standard InChI is InChI=1S/C27H29ClFN7O/c1-17-11-20(13-24-30-15-22(28)27(31-24)32-25-12-18(2)33-34-25)23(29)14-21(17)19-5-9-36(10-6-19)26(37)16-35-7-3-4-8-35/h3-4,7-8,11-12,14-15,19H,5-6,9-10,13,16H2,1-2H3,(H2,30,31,32,33,34). The molecule has 0 radical (unpaired) electrons. The summed E-state index contributed by atoms with van der Waals surface area (Å²) in [5, 5.41) is 10.4. The van der Waals surface area contributed by atoms with Crippen LogP contribution in [0.4, 0.5) is 16.0 Å². The predicted molar refractivity (Wildman–Crippen MR) is 141 cm³/mol. The van der Waals surface area contributed by atoms with Crippen LogP contribution in [0.3, 0.4) is 0 Å². The fraction of sp³-hybridized carbons (Fsp3) is 0.333. The summed E-state index contributed by atoms with van der Waals surface area (Å²) in [4.78, 5) is 23.3. The van der Waals surface area contributed by atoms with E-state index in [0.29, 0.717) is 47.7 Å². The third-order valence-corrected chi connectivity index (χ3v) is 7.08. The fourth-order valence-corrected chi connectivity index (χ4v) is 4.99. The maximum absolute atomic E-state index is 15.2. The van der Waals surface area contributed by atoms with Gasteiger partial charge in [-0.25, -0.2) is 14.4 Å². The van der Waals surface area contributed by atoms with Crippen molar-refractivity contribution in [1.29, 1.82) is 0 Å². The SMILES string of the molecule is Cc1cc(Nc2nc(Cc3cc(C)c(C4CCN(C(=O)Cn5cccc5)CC4)cc3F)ncc2Cl)n[nH]1. The van der Waals surface area contributed by atoms with Gasteiger partial charge in [-0.15, -0.1) is 0 Å². The number of carbonyl (C=O) groups is 1. The Hall–Kier alpha value is -3.72. The fourth-order valence-electron chi connectivity index (χ4n) is 4.85. The first-order valence-corrected chi connectivity index (χ1v) is 12.7. The van der Waals surface area contributed by atoms with Gasteiger partial charge < -0.3 is 14.8 Å². The third kappa shape index (κ3) is 5.83. The van der Waals surface area contributed by atoms with E-state index in [4.69, 9.17) is 11.6 Å². The smallest absolute Gasteiger partial charge is 0.242 e. The van der Waals surface area contributed by atoms with E-state index >= 15 is 4.39 Å². The number of anilines is 2. The normalized spacial score (nSPS) is 14.2. The van der Waals surface area contributed by atoms with Crippen LogP contribution in [0.1, 0.15) is 47.0 Å². The lowest BCUT2D eigenvalue weighted by molar-refractivity contribution is -0.132. The molecule has 8 nitrogen and oxygen atoms in total. The van der Waals surface area contributed by atoms with Crippen molar-refractivity contribution < 1.29 is 9.18 Å². The molecule has 0 unspecified atom stereocenters. The zero-order valence-electron chi connectivity index (χ0n) is 20.8. The molecule has 1 amide bonds. The van der Waals surface area contributed by atoms with Gasteiger partial charge in [0.15, 0.2) is 11.6 Å². The molecule has 0 atom stereocenters. The van der Waals surface area contributed by atoms with Gasteiger partial charge in [0.2, 0.25) is 5.91 Å². The first-order valence-electron chi connectivity index (χ1n) is 12.3. The number of hydrogen-bond donors (Lipinski definition) is 2. The number of H-pyrrole nitrogens is 1. The molecule has 0 bridgehead atoms. The van der Waals surface area contributed by atoms with Gasteiger partial charge in [-0.2, -0.15) is 5.10 Å². The summed E-state index contributed by atoms with van der Waals surface area (Å²) < 4.78 is 17.1. The molecule has 37 heavy (non-hydrogen) atoms. The maximum Gasteiger partial charge on any atom is 0.242 e. The molecule has 5 rings (SSSR count). The first kappa shape index (κ1) is 25.0. The van der Waals surface area contributed by atoms with Crippen molar-refractivity contribution in [1.82, 2.24) is 29.6 Å². The number of halogens is 2. The van der Waals surface area contributed by atoms with Crippen molar-refractivity contribution in [2.24, 2.45) is 0 Å². The van der Waals surface area contributed by atoms with Gasteiger partial charge >= 0.3 is 0 Å². The number of amides is 1. The molecule has 1 fully saturated rings. The molecule has 1 aliphatic heterocycles. The summed E-state index contributed by atoms with van der Waals surface area (Å²) in [7, 11) is 0. The van der Waals surface area contributed by atoms with Crippen LogP contribution in [-0.2, 0) is 17.8 Å². The third-order valence-electron chi connectivity index (χ3n) is 6.80. The van der Waals surface area contributed by atoms with Crippen molar-refractivity contribution >= 4 is 29.1 Å². The van der Waals surface area contributed by atoms with Crippen molar-refractivity contribution in [2.45, 2.75) is 45.6 Å². The molecular formula is C27H29ClFN7O. The monoisotopic (exact) mass is 521 g/mol. The Balaban J connectivity index is 1.24. The van der Waals surface area contributed by atoms with Crippen LogP contribution in [0, 0.1) is 19.7 Å². The van der Waals surface area contributed by atoms with Crippen LogP contribution in [0.15, 0.2) is 48.9 Å². The predicted octanol–water partition coefficient (Wildman–Crippen LogP) is 5.15. The average molecular weight is 522 g/mol. The van der Waals surface area contributed by atoms with Crippen molar-refractivity contribution in [3.63, 3.8) is 0 Å². The number of rotatable bonds is 7. The Kier molecular flexibility index (Phi) is 7.23. The minimum Gasteiger partial charge on any atom is -0.345 e. The summed E-state index contributed by atoms with van der Waals surface area (Å²) in [5.41, 5.74) is 3.48. The van der Waals surface area contributed by atoms with Gasteiger partial charge in [-0.1, -0.05) is 17.7 Å². The van der Waals surface area contributed by atoms with Gasteiger partial charge in [0.05, 0.1) is 6.20 Å². The van der Waals surface area contributed by atoms with E-state index in [1.54, 1.807) is 6.07 Å². The zero-order chi connectivity index (χ0) is 25.9. The Bertz CT molecular complexity index is 1390. The highest BCUT2D eigenvalue weighted by molar-refractivity contribution is 6.32. The number of carbonyl (C=O) groups excluding carboxylic acids is 1. The maximum atomic E-state index is 15.2. The Labute approximate surface area is 219 Å². The number of nitrogens with one attached hydrogen (secondary N) is 2. The number of nitrogens with zero attached hydrogens (tertiary/aromatic N) is 5. The second kappa shape index (κ2) is 10.7. The summed E-state index contributed by atoms with van der Waals surface area (Å²) in [6.07, 6.45) is 7.18. The topological polar surface area (TPSA) is 91.7 Å². The summed E-state index contributed by atoms with van der Waals surface area (Å²) in [5.74, 6) is 1.53. The van der Waals surface area contributed by atoms with E-state index < -0.39 is 0 Å². The molecule has 0 spiro atoms. The molecular weight excluding hydrogens is 493 g/mol. The van der Waals surface area contributed by atoms with Gasteiger partial charge in [0, 0.05) is 43.7 Å². The first-order chi connectivity index (χ1) is 17.9. The molecule has 1 aromatic carbocycles. The van der Waals surface area contributed by atoms with Gasteiger partial charge in [-0.05, 0) is 67.5 Å². The number of aromatic amines is 1. The molecule has 192 valence electrons. The molecule has 4 heterocycles. The number of piperidine rings is 1. The van der Waals surface area contributed by atoms with Crippen LogP contribution in [-0.4, -0.2) is 48.6 Å². The van der Waals surface area contributed by atoms with E-state index in [-0.39, 0.29) is 24.1 Å². The van der Waals surface area contributed by atoms with Gasteiger partial charge in [-0.3, -0.25) is 9.89 Å². The highest BCUT2D eigenvalue weighted by atomic mass is 35.5. The second-order valence-electron chi connectivity index (χ2n) is 9.53. The van der Waals surface area contributed by atoms with Crippen molar-refractivity contribution in [3.8, 4) is 0 Å². The summed E-state index contributed by atoms with van der Waals surface area (Å²) in [6, 6.07) is 9.20. The van der Waals surface area contributed by atoms with Crippen LogP contribution in [0.5, 0.6) is 0 Å². The molecule has 1 aliphatic rings. The van der Waals surface area contributed by atoms with E-state index in [1.807, 2.05) is 60.0 Å². The minimum absolute atomic E-state index is 0.118. The summed E-state index contributed by atoms with van der Waals surface area (Å²) >= 11 is 6.26. The van der Waals surface area contributed by atoms with Crippen LogP contribution in [0.25, 0.3) is 0 Å². The molecule has 4 aromatic rings. The van der Waals surface area contributed by atoms with E-state index in [9.17, 15) is 4.79 Å². The summed E-state index contributed by atoms with van der Waals surface area (Å²) in [6.45, 7) is 5.62. The van der Waals surface area contributed by atoms with Crippen LogP contribution >= 0.6 is 11.6 Å². The number of benzene rings is 1. The highest BCUT2D eigenvalue weighted by Gasteiger charge is 2.25. The van der Waals surface area contributed by atoms with E-state index in [0.717, 1.165) is 29.7 Å². The lowest BCUT2D eigenvalue weighted by Gasteiger charge is -2.33. The van der Waals surface area contributed by atoms with Crippen LogP contribution < -0.4 is 5.32 Å². The number of likely N-dealkylation sites (tertiary alicyclic amines) is 1. The average Bonchev–Trinajstić information content (AvgIpc) is 3.55. The quantitative estimate of drug-likeness (QED) is 0.351. The molecule has 10 heteroatoms. The molecule has 1 saturated heterocycles. The van der Waals surface area contributed by atoms with E-state index in [1.165, 1.54) is 6.20 Å². The van der Waals surface area contributed by atoms with Gasteiger partial charge in [0.25, 0.3) is 0 Å². The molecule has 0 saturated carbocycles. The zero-order valence-corrected chi connectivity index (χ0v) is 21.6. The Morgan fingerprint density at radius 2 is 1.95 bits per heavy atom. The van der Waals surface area contributed by atoms with Crippen LogP contribution in [0.2, 0.25) is 5.02 Å². The lowest BCUT2D eigenvalue weighted by Crippen LogP contribution is -2.39. The largest absolute Gasteiger partial charge is 0.345 e. The van der Waals surface area contributed by atoms with Gasteiger partial charge in [0.1, 0.15) is 23.2 Å². The molecule has 3 aromatic heterocycles. The lowest BCUT2D eigenvalue weighted by atomic mass is 9.85. The molecule has 0 aliphatic carbocycles. The second-order valence-corrected chi connectivity index (χ2v) is 9.94. The number of hydrogen-bond acceptors (Lipinski definition) is 5. The van der Waals surface area contributed by atoms with Crippen molar-refractivity contribution in [3.05, 3.63) is 88.0 Å². The minimum atomic E-state index is -0.275. The van der Waals surface area contributed by atoms with E-state index in [2.05, 4.69) is 25.5 Å². The Morgan fingerprint density at radius 1 is 1.19 bits per heavy atom. The number of aromatic nitrogens is 5. The highest BCUT2D eigenvalue weighted by Crippen LogP contribution is 2.32. The molecule has 2 N–H and O–H groups in total. The van der Waals surface area contributed by atoms with Crippen molar-refractivity contribution in [2.75, 3.05) is 18.4 Å². The Morgan fingerprint density at radius 3 is 2.65 bits per heavy atom.